The van der Waals surface area contributed by atoms with Gasteiger partial charge in [-0.05, 0) is 6.42 Å². The van der Waals surface area contributed by atoms with Crippen molar-refractivity contribution in [2.45, 2.75) is 32.2 Å². The van der Waals surface area contributed by atoms with Gasteiger partial charge in [0.2, 0.25) is 0 Å². The van der Waals surface area contributed by atoms with E-state index in [-0.39, 0.29) is 6.04 Å². The van der Waals surface area contributed by atoms with Crippen LogP contribution in [0.4, 0.5) is 0 Å². The van der Waals surface area contributed by atoms with Gasteiger partial charge in [0.15, 0.2) is 5.78 Å². The number of nitrogens with one attached hydrogen (secondary N) is 1. The van der Waals surface area contributed by atoms with Gasteiger partial charge in [-0.2, -0.15) is 11.8 Å². The van der Waals surface area contributed by atoms with Crippen LogP contribution in [0.5, 0.6) is 0 Å². The molecule has 2 nitrogen and oxygen atoms in total. The molecule has 1 fully saturated rings. The molecule has 1 aliphatic heterocycles. The zero-order chi connectivity index (χ0) is 8.81. The van der Waals surface area contributed by atoms with Crippen LogP contribution in [0.1, 0.15) is 26.2 Å². The molecule has 0 aliphatic carbocycles. The summed E-state index contributed by atoms with van der Waals surface area (Å²) in [5.41, 5.74) is 0. The van der Waals surface area contributed by atoms with Crippen molar-refractivity contribution >= 4 is 17.5 Å². The number of ketones is 1. The maximum absolute atomic E-state index is 11.5. The SMILES string of the molecule is CCCCC(=O)C1CSCCN1. The third-order valence-corrected chi connectivity index (χ3v) is 3.15. The van der Waals surface area contributed by atoms with Gasteiger partial charge in [0, 0.05) is 24.5 Å². The Bertz CT molecular complexity index is 143. The van der Waals surface area contributed by atoms with Crippen LogP contribution < -0.4 is 5.32 Å². The summed E-state index contributed by atoms with van der Waals surface area (Å²) in [6, 6.07) is 0.148. The van der Waals surface area contributed by atoms with E-state index in [1.165, 1.54) is 0 Å². The molecule has 12 heavy (non-hydrogen) atoms. The summed E-state index contributed by atoms with van der Waals surface area (Å²) in [5, 5.41) is 3.26. The van der Waals surface area contributed by atoms with Crippen molar-refractivity contribution in [3.05, 3.63) is 0 Å². The molecular weight excluding hydrogens is 170 g/mol. The van der Waals surface area contributed by atoms with Crippen LogP contribution >= 0.6 is 11.8 Å². The lowest BCUT2D eigenvalue weighted by molar-refractivity contribution is -0.120. The molecule has 0 amide bonds. The molecule has 3 heteroatoms. The molecule has 1 saturated heterocycles. The number of thioether (sulfide) groups is 1. The van der Waals surface area contributed by atoms with Crippen LogP contribution in [0.15, 0.2) is 0 Å². The van der Waals surface area contributed by atoms with E-state index in [9.17, 15) is 4.79 Å². The van der Waals surface area contributed by atoms with E-state index in [0.717, 1.165) is 37.3 Å². The van der Waals surface area contributed by atoms with Gasteiger partial charge in [-0.25, -0.2) is 0 Å². The first-order valence-electron chi connectivity index (χ1n) is 4.68. The molecule has 1 rings (SSSR count). The highest BCUT2D eigenvalue weighted by Crippen LogP contribution is 2.10. The first kappa shape index (κ1) is 10.1. The quantitative estimate of drug-likeness (QED) is 0.722. The fourth-order valence-corrected chi connectivity index (χ4v) is 2.27. The number of hydrogen-bond donors (Lipinski definition) is 1. The second-order valence-corrected chi connectivity index (χ2v) is 4.30. The summed E-state index contributed by atoms with van der Waals surface area (Å²) in [6.07, 6.45) is 2.92. The summed E-state index contributed by atoms with van der Waals surface area (Å²) in [4.78, 5) is 11.5. The van der Waals surface area contributed by atoms with Gasteiger partial charge < -0.3 is 5.32 Å². The van der Waals surface area contributed by atoms with Crippen LogP contribution in [0.25, 0.3) is 0 Å². The predicted octanol–water partition coefficient (Wildman–Crippen LogP) is 1.45. The Morgan fingerprint density at radius 2 is 2.50 bits per heavy atom. The summed E-state index contributed by atoms with van der Waals surface area (Å²) < 4.78 is 0. The van der Waals surface area contributed by atoms with Gasteiger partial charge in [0.1, 0.15) is 0 Å². The molecule has 0 spiro atoms. The molecular formula is C9H17NOS. The van der Waals surface area contributed by atoms with Crippen molar-refractivity contribution in [1.82, 2.24) is 5.32 Å². The zero-order valence-electron chi connectivity index (χ0n) is 7.64. The molecule has 0 aromatic carbocycles. The second-order valence-electron chi connectivity index (χ2n) is 3.15. The zero-order valence-corrected chi connectivity index (χ0v) is 8.45. The maximum Gasteiger partial charge on any atom is 0.150 e. The minimum Gasteiger partial charge on any atom is -0.306 e. The second kappa shape index (κ2) is 5.60. The normalized spacial score (nSPS) is 23.9. The highest BCUT2D eigenvalue weighted by Gasteiger charge is 2.19. The highest BCUT2D eigenvalue weighted by atomic mass is 32.2. The first-order valence-corrected chi connectivity index (χ1v) is 5.84. The molecule has 0 aromatic rings. The van der Waals surface area contributed by atoms with Crippen molar-refractivity contribution in [1.29, 1.82) is 0 Å². The Morgan fingerprint density at radius 1 is 1.67 bits per heavy atom. The molecule has 1 atom stereocenters. The first-order chi connectivity index (χ1) is 5.84. The van der Waals surface area contributed by atoms with Crippen LogP contribution in [0, 0.1) is 0 Å². The van der Waals surface area contributed by atoms with Gasteiger partial charge in [-0.1, -0.05) is 13.3 Å². The van der Waals surface area contributed by atoms with Gasteiger partial charge >= 0.3 is 0 Å². The van der Waals surface area contributed by atoms with E-state index in [0.29, 0.717) is 5.78 Å². The lowest BCUT2D eigenvalue weighted by Gasteiger charge is -2.21. The number of carbonyl (C=O) groups is 1. The van der Waals surface area contributed by atoms with Crippen LogP contribution in [0.3, 0.4) is 0 Å². The molecule has 0 saturated carbocycles. The molecule has 0 bridgehead atoms. The summed E-state index contributed by atoms with van der Waals surface area (Å²) in [5.74, 6) is 2.53. The van der Waals surface area contributed by atoms with Crippen molar-refractivity contribution in [3.63, 3.8) is 0 Å². The van der Waals surface area contributed by atoms with E-state index in [2.05, 4.69) is 12.2 Å². The fraction of sp³-hybridized carbons (Fsp3) is 0.889. The average molecular weight is 187 g/mol. The number of unbranched alkanes of at least 4 members (excludes halogenated alkanes) is 1. The lowest BCUT2D eigenvalue weighted by atomic mass is 10.1. The van der Waals surface area contributed by atoms with E-state index in [1.54, 1.807) is 0 Å². The molecule has 0 aromatic heterocycles. The Hall–Kier alpha value is -0.0200. The molecule has 1 N–H and O–H groups in total. The van der Waals surface area contributed by atoms with Crippen molar-refractivity contribution in [2.75, 3.05) is 18.1 Å². The average Bonchev–Trinajstić information content (AvgIpc) is 2.15. The number of Topliss-reactive ketones (excluding diaryl/α,β-unsaturated/α-hetero) is 1. The van der Waals surface area contributed by atoms with Crippen LogP contribution in [0.2, 0.25) is 0 Å². The minimum absolute atomic E-state index is 0.148. The van der Waals surface area contributed by atoms with Gasteiger partial charge in [0.25, 0.3) is 0 Å². The van der Waals surface area contributed by atoms with Crippen molar-refractivity contribution < 1.29 is 4.79 Å². The van der Waals surface area contributed by atoms with Crippen molar-refractivity contribution in [2.24, 2.45) is 0 Å². The number of carbonyl (C=O) groups excluding carboxylic acids is 1. The summed E-state index contributed by atoms with van der Waals surface area (Å²) in [7, 11) is 0. The topological polar surface area (TPSA) is 29.1 Å². The Labute approximate surface area is 78.5 Å². The molecule has 1 heterocycles. The molecule has 1 aliphatic rings. The Balaban J connectivity index is 2.20. The third kappa shape index (κ3) is 3.15. The smallest absolute Gasteiger partial charge is 0.150 e. The van der Waals surface area contributed by atoms with E-state index < -0.39 is 0 Å². The Kier molecular flexibility index (Phi) is 4.69. The monoisotopic (exact) mass is 187 g/mol. The third-order valence-electron chi connectivity index (χ3n) is 2.09. The van der Waals surface area contributed by atoms with Crippen molar-refractivity contribution in [3.8, 4) is 0 Å². The lowest BCUT2D eigenvalue weighted by Crippen LogP contribution is -2.43. The minimum atomic E-state index is 0.148. The van der Waals surface area contributed by atoms with Gasteiger partial charge in [-0.3, -0.25) is 4.79 Å². The summed E-state index contributed by atoms with van der Waals surface area (Å²) >= 11 is 1.88. The maximum atomic E-state index is 11.5. The predicted molar refractivity (Wildman–Crippen MR) is 53.6 cm³/mol. The molecule has 0 radical (unpaired) electrons. The fourth-order valence-electron chi connectivity index (χ4n) is 1.30. The standard InChI is InChI=1S/C9H17NOS/c1-2-3-4-9(11)8-7-12-6-5-10-8/h8,10H,2-7H2,1H3. The largest absolute Gasteiger partial charge is 0.306 e. The summed E-state index contributed by atoms with van der Waals surface area (Å²) in [6.45, 7) is 3.11. The van der Waals surface area contributed by atoms with Gasteiger partial charge in [0.05, 0.1) is 6.04 Å². The van der Waals surface area contributed by atoms with E-state index in [4.69, 9.17) is 0 Å². The van der Waals surface area contributed by atoms with Crippen LogP contribution in [-0.4, -0.2) is 29.9 Å². The van der Waals surface area contributed by atoms with Gasteiger partial charge in [-0.15, -0.1) is 0 Å². The Morgan fingerprint density at radius 3 is 3.08 bits per heavy atom. The van der Waals surface area contributed by atoms with E-state index >= 15 is 0 Å². The number of hydrogen-bond acceptors (Lipinski definition) is 3. The van der Waals surface area contributed by atoms with Crippen LogP contribution in [-0.2, 0) is 4.79 Å². The molecule has 1 unspecified atom stereocenters. The highest BCUT2D eigenvalue weighted by molar-refractivity contribution is 7.99. The molecule has 70 valence electrons. The van der Waals surface area contributed by atoms with E-state index in [1.807, 2.05) is 11.8 Å². The number of rotatable bonds is 4.